The molecule has 1 amide bonds. The number of thiazole rings is 1. The zero-order valence-electron chi connectivity index (χ0n) is 9.91. The molecule has 1 aromatic heterocycles. The van der Waals surface area contributed by atoms with Crippen molar-refractivity contribution in [1.82, 2.24) is 0 Å². The zero-order chi connectivity index (χ0) is 11.8. The van der Waals surface area contributed by atoms with Crippen LogP contribution < -0.4 is 26.4 Å². The average molecular weight is 325 g/mol. The van der Waals surface area contributed by atoms with Crippen LogP contribution in [0.15, 0.2) is 35.8 Å². The van der Waals surface area contributed by atoms with Gasteiger partial charge in [-0.15, -0.1) is 0 Å². The molecule has 1 atom stereocenters. The molecule has 0 bridgehead atoms. The first kappa shape index (κ1) is 13.2. The molecule has 1 aliphatic rings. The molecule has 1 unspecified atom stereocenters. The van der Waals surface area contributed by atoms with Crippen LogP contribution in [0.4, 0.5) is 5.69 Å². The number of fused-ring (bicyclic) bond motifs is 3. The first-order valence-electron chi connectivity index (χ1n) is 5.61. The number of nitrogens with zero attached hydrogens (tertiary/aromatic N) is 2. The standard InChI is InChI=1S/C13H13N2OS.BrH/c1-10-8-14(9-16)11-4-2-3-5-12(11)15-6-7-17-13(10)15;/h2-7,9-10H,8H2,1H3;1H/q+1;/p-1. The Hall–Kier alpha value is -1.20. The Morgan fingerprint density at radius 1 is 1.44 bits per heavy atom. The summed E-state index contributed by atoms with van der Waals surface area (Å²) in [5.74, 6) is 0.354. The van der Waals surface area contributed by atoms with Crippen molar-refractivity contribution < 1.29 is 26.3 Å². The predicted octanol–water partition coefficient (Wildman–Crippen LogP) is -0.891. The van der Waals surface area contributed by atoms with Gasteiger partial charge in [-0.25, -0.2) is 0 Å². The van der Waals surface area contributed by atoms with Crippen LogP contribution in [0, 0.1) is 0 Å². The summed E-state index contributed by atoms with van der Waals surface area (Å²) in [5, 5.41) is 3.39. The lowest BCUT2D eigenvalue weighted by Crippen LogP contribution is -3.00. The van der Waals surface area contributed by atoms with Crippen LogP contribution in [-0.4, -0.2) is 13.0 Å². The minimum absolute atomic E-state index is 0. The lowest BCUT2D eigenvalue weighted by molar-refractivity contribution is -0.598. The lowest BCUT2D eigenvalue weighted by atomic mass is 10.2. The Balaban J connectivity index is 0.00000120. The summed E-state index contributed by atoms with van der Waals surface area (Å²) in [7, 11) is 0. The molecule has 3 nitrogen and oxygen atoms in total. The maximum absolute atomic E-state index is 11.2. The number of carbonyl (C=O) groups is 1. The van der Waals surface area contributed by atoms with Crippen molar-refractivity contribution in [1.29, 1.82) is 0 Å². The van der Waals surface area contributed by atoms with Gasteiger partial charge < -0.3 is 21.9 Å². The fraction of sp³-hybridized carbons (Fsp3) is 0.231. The van der Waals surface area contributed by atoms with E-state index >= 15 is 0 Å². The second kappa shape index (κ2) is 5.20. The van der Waals surface area contributed by atoms with E-state index in [0.29, 0.717) is 5.92 Å². The minimum atomic E-state index is 0. The van der Waals surface area contributed by atoms with Crippen molar-refractivity contribution in [2.24, 2.45) is 0 Å². The van der Waals surface area contributed by atoms with Gasteiger partial charge >= 0.3 is 0 Å². The number of carbonyl (C=O) groups excluding carboxylic acids is 1. The molecule has 0 aliphatic carbocycles. The normalized spacial score (nSPS) is 17.2. The summed E-state index contributed by atoms with van der Waals surface area (Å²) in [4.78, 5) is 13.0. The van der Waals surface area contributed by atoms with Gasteiger partial charge in [-0.1, -0.05) is 23.5 Å². The van der Waals surface area contributed by atoms with Gasteiger partial charge in [-0.3, -0.25) is 4.79 Å². The third-order valence-corrected chi connectivity index (χ3v) is 4.20. The number of hydrogen-bond acceptors (Lipinski definition) is 2. The van der Waals surface area contributed by atoms with E-state index in [1.807, 2.05) is 18.2 Å². The van der Waals surface area contributed by atoms with E-state index < -0.39 is 0 Å². The van der Waals surface area contributed by atoms with Crippen LogP contribution in [0.3, 0.4) is 0 Å². The van der Waals surface area contributed by atoms with Crippen LogP contribution in [0.1, 0.15) is 17.8 Å². The van der Waals surface area contributed by atoms with Gasteiger partial charge in [0.1, 0.15) is 5.69 Å². The molecular weight excluding hydrogens is 312 g/mol. The van der Waals surface area contributed by atoms with E-state index in [4.69, 9.17) is 0 Å². The Morgan fingerprint density at radius 3 is 3.00 bits per heavy atom. The molecule has 1 aromatic carbocycles. The fourth-order valence-electron chi connectivity index (χ4n) is 2.33. The Labute approximate surface area is 120 Å². The summed E-state index contributed by atoms with van der Waals surface area (Å²) in [6.45, 7) is 2.89. The Kier molecular flexibility index (Phi) is 3.82. The molecule has 2 heterocycles. The number of para-hydroxylation sites is 2. The van der Waals surface area contributed by atoms with E-state index in [1.165, 1.54) is 5.01 Å². The summed E-state index contributed by atoms with van der Waals surface area (Å²) >= 11 is 1.74. The molecule has 3 rings (SSSR count). The molecule has 0 fully saturated rings. The fourth-order valence-corrected chi connectivity index (χ4v) is 3.23. The molecule has 0 spiro atoms. The third-order valence-electron chi connectivity index (χ3n) is 3.11. The maximum atomic E-state index is 11.2. The lowest BCUT2D eigenvalue weighted by Gasteiger charge is -2.16. The van der Waals surface area contributed by atoms with Gasteiger partial charge in [-0.2, -0.15) is 4.57 Å². The quantitative estimate of drug-likeness (QED) is 0.493. The van der Waals surface area contributed by atoms with Gasteiger partial charge in [0.2, 0.25) is 17.1 Å². The second-order valence-electron chi connectivity index (χ2n) is 4.26. The topological polar surface area (TPSA) is 24.2 Å². The molecule has 0 saturated carbocycles. The van der Waals surface area contributed by atoms with Crippen LogP contribution in [-0.2, 0) is 4.79 Å². The van der Waals surface area contributed by atoms with E-state index in [1.54, 1.807) is 16.2 Å². The Morgan fingerprint density at radius 2 is 2.22 bits per heavy atom. The van der Waals surface area contributed by atoms with Crippen molar-refractivity contribution in [2.45, 2.75) is 12.8 Å². The summed E-state index contributed by atoms with van der Waals surface area (Å²) in [5.41, 5.74) is 2.07. The monoisotopic (exact) mass is 324 g/mol. The van der Waals surface area contributed by atoms with E-state index in [0.717, 1.165) is 24.3 Å². The summed E-state index contributed by atoms with van der Waals surface area (Å²) in [6.07, 6.45) is 3.00. The van der Waals surface area contributed by atoms with Gasteiger partial charge in [-0.05, 0) is 13.0 Å². The highest BCUT2D eigenvalue weighted by molar-refractivity contribution is 7.09. The van der Waals surface area contributed by atoms with Crippen molar-refractivity contribution in [3.63, 3.8) is 0 Å². The Bertz CT molecular complexity index is 570. The van der Waals surface area contributed by atoms with E-state index in [2.05, 4.69) is 29.1 Å². The molecule has 0 saturated heterocycles. The van der Waals surface area contributed by atoms with Crippen LogP contribution in [0.2, 0.25) is 0 Å². The SMILES string of the molecule is CC1CN(C=O)c2ccccc2-[n+]2ccsc21.[Br-]. The molecule has 18 heavy (non-hydrogen) atoms. The average Bonchev–Trinajstić information content (AvgIpc) is 2.81. The van der Waals surface area contributed by atoms with Crippen LogP contribution in [0.25, 0.3) is 5.69 Å². The molecular formula is C13H13BrN2OS. The van der Waals surface area contributed by atoms with E-state index in [-0.39, 0.29) is 17.0 Å². The molecule has 94 valence electrons. The van der Waals surface area contributed by atoms with Gasteiger partial charge in [0.25, 0.3) is 0 Å². The van der Waals surface area contributed by atoms with Crippen molar-refractivity contribution in [3.8, 4) is 5.69 Å². The predicted molar refractivity (Wildman–Crippen MR) is 67.7 cm³/mol. The number of amides is 1. The van der Waals surface area contributed by atoms with Crippen molar-refractivity contribution in [3.05, 3.63) is 40.8 Å². The third kappa shape index (κ3) is 1.97. The van der Waals surface area contributed by atoms with Crippen LogP contribution in [0.5, 0.6) is 0 Å². The summed E-state index contributed by atoms with van der Waals surface area (Å²) in [6, 6.07) is 8.03. The number of aromatic nitrogens is 1. The second-order valence-corrected chi connectivity index (χ2v) is 5.18. The number of halogens is 1. The minimum Gasteiger partial charge on any atom is -1.00 e. The molecule has 5 heteroatoms. The summed E-state index contributed by atoms with van der Waals surface area (Å²) < 4.78 is 2.19. The van der Waals surface area contributed by atoms with Crippen LogP contribution >= 0.6 is 11.3 Å². The highest BCUT2D eigenvalue weighted by atomic mass is 79.9. The first-order chi connectivity index (χ1) is 8.31. The van der Waals surface area contributed by atoms with E-state index in [9.17, 15) is 4.79 Å². The smallest absolute Gasteiger partial charge is 0.247 e. The van der Waals surface area contributed by atoms with Gasteiger partial charge in [0.05, 0.1) is 11.3 Å². The molecule has 1 aliphatic heterocycles. The van der Waals surface area contributed by atoms with Gasteiger partial charge in [0, 0.05) is 12.6 Å². The molecule has 0 radical (unpaired) electrons. The number of rotatable bonds is 1. The number of anilines is 1. The van der Waals surface area contributed by atoms with Crippen molar-refractivity contribution in [2.75, 3.05) is 11.4 Å². The maximum Gasteiger partial charge on any atom is 0.247 e. The number of benzene rings is 1. The van der Waals surface area contributed by atoms with Crippen molar-refractivity contribution >= 4 is 23.4 Å². The highest BCUT2D eigenvalue weighted by Gasteiger charge is 2.31. The van der Waals surface area contributed by atoms with Gasteiger partial charge in [0.15, 0.2) is 6.20 Å². The highest BCUT2D eigenvalue weighted by Crippen LogP contribution is 2.29. The molecule has 0 N–H and O–H groups in total. The molecule has 2 aromatic rings. The zero-order valence-corrected chi connectivity index (χ0v) is 12.3. The largest absolute Gasteiger partial charge is 1.00 e. The first-order valence-corrected chi connectivity index (χ1v) is 6.49. The number of hydrogen-bond donors (Lipinski definition) is 0.